The SMILES string of the molecule is Cc1ccnc(-c2ccc(NC(=O)N3CCC[C@@H](CN4CCOCC4)C3)cc2)n1. The number of nitrogens with one attached hydrogen (secondary N) is 1. The number of hydrogen-bond donors (Lipinski definition) is 1. The lowest BCUT2D eigenvalue weighted by atomic mass is 9.97. The predicted molar refractivity (Wildman–Crippen MR) is 113 cm³/mol. The van der Waals surface area contributed by atoms with Crippen molar-refractivity contribution < 1.29 is 9.53 Å². The fourth-order valence-electron chi connectivity index (χ4n) is 4.04. The zero-order valence-electron chi connectivity index (χ0n) is 17.0. The molecule has 7 nitrogen and oxygen atoms in total. The Bertz CT molecular complexity index is 820. The van der Waals surface area contributed by atoms with Gasteiger partial charge in [-0.05, 0) is 56.0 Å². The van der Waals surface area contributed by atoms with E-state index in [0.717, 1.165) is 69.3 Å². The molecule has 2 amide bonds. The second kappa shape index (κ2) is 9.33. The quantitative estimate of drug-likeness (QED) is 0.862. The van der Waals surface area contributed by atoms with Crippen LogP contribution in [0, 0.1) is 12.8 Å². The number of rotatable bonds is 4. The maximum atomic E-state index is 12.8. The van der Waals surface area contributed by atoms with Crippen LogP contribution in [-0.2, 0) is 4.74 Å². The third kappa shape index (κ3) is 5.31. The largest absolute Gasteiger partial charge is 0.379 e. The highest BCUT2D eigenvalue weighted by Crippen LogP contribution is 2.21. The Labute approximate surface area is 172 Å². The highest BCUT2D eigenvalue weighted by Gasteiger charge is 2.26. The van der Waals surface area contributed by atoms with Crippen molar-refractivity contribution in [2.75, 3.05) is 51.3 Å². The van der Waals surface area contributed by atoms with Crippen LogP contribution in [-0.4, -0.2) is 71.7 Å². The average molecular weight is 396 g/mol. The fourth-order valence-corrected chi connectivity index (χ4v) is 4.04. The Morgan fingerprint density at radius 2 is 1.97 bits per heavy atom. The number of carbonyl (C=O) groups is 1. The Morgan fingerprint density at radius 1 is 1.17 bits per heavy atom. The minimum absolute atomic E-state index is 0.0174. The summed E-state index contributed by atoms with van der Waals surface area (Å²) < 4.78 is 5.43. The van der Waals surface area contributed by atoms with Crippen molar-refractivity contribution >= 4 is 11.7 Å². The van der Waals surface area contributed by atoms with E-state index in [4.69, 9.17) is 4.74 Å². The van der Waals surface area contributed by atoms with Crippen molar-refractivity contribution in [3.8, 4) is 11.4 Å². The number of ether oxygens (including phenoxy) is 1. The van der Waals surface area contributed by atoms with E-state index in [1.165, 1.54) is 6.42 Å². The van der Waals surface area contributed by atoms with E-state index in [1.54, 1.807) is 6.20 Å². The van der Waals surface area contributed by atoms with Gasteiger partial charge in [-0.3, -0.25) is 4.90 Å². The zero-order chi connectivity index (χ0) is 20.1. The molecule has 29 heavy (non-hydrogen) atoms. The van der Waals surface area contributed by atoms with Gasteiger partial charge < -0.3 is 15.0 Å². The minimum Gasteiger partial charge on any atom is -0.379 e. The van der Waals surface area contributed by atoms with Gasteiger partial charge in [-0.1, -0.05) is 0 Å². The topological polar surface area (TPSA) is 70.6 Å². The fraction of sp³-hybridized carbons (Fsp3) is 0.500. The molecule has 2 fully saturated rings. The van der Waals surface area contributed by atoms with Crippen LogP contribution in [0.1, 0.15) is 18.5 Å². The van der Waals surface area contributed by atoms with Gasteiger partial charge in [-0.15, -0.1) is 0 Å². The monoisotopic (exact) mass is 395 g/mol. The molecule has 0 bridgehead atoms. The number of benzene rings is 1. The summed E-state index contributed by atoms with van der Waals surface area (Å²) in [6.07, 6.45) is 4.01. The van der Waals surface area contributed by atoms with Gasteiger partial charge in [0.1, 0.15) is 0 Å². The molecule has 1 aromatic carbocycles. The minimum atomic E-state index is -0.0174. The molecule has 2 aromatic rings. The number of aromatic nitrogens is 2. The van der Waals surface area contributed by atoms with Crippen LogP contribution >= 0.6 is 0 Å². The summed E-state index contributed by atoms with van der Waals surface area (Å²) in [6, 6.07) is 9.57. The summed E-state index contributed by atoms with van der Waals surface area (Å²) in [4.78, 5) is 25.9. The number of piperidine rings is 1. The van der Waals surface area contributed by atoms with Gasteiger partial charge in [0.25, 0.3) is 0 Å². The number of likely N-dealkylation sites (tertiary alicyclic amines) is 1. The molecule has 0 saturated carbocycles. The number of amides is 2. The van der Waals surface area contributed by atoms with E-state index in [2.05, 4.69) is 20.2 Å². The van der Waals surface area contributed by atoms with Crippen LogP contribution in [0.3, 0.4) is 0 Å². The highest BCUT2D eigenvalue weighted by molar-refractivity contribution is 5.89. The van der Waals surface area contributed by atoms with Crippen molar-refractivity contribution in [3.63, 3.8) is 0 Å². The first-order chi connectivity index (χ1) is 14.2. The van der Waals surface area contributed by atoms with Gasteiger partial charge in [0.05, 0.1) is 13.2 Å². The van der Waals surface area contributed by atoms with Gasteiger partial charge in [0.15, 0.2) is 5.82 Å². The third-order valence-electron chi connectivity index (χ3n) is 5.62. The van der Waals surface area contributed by atoms with E-state index >= 15 is 0 Å². The van der Waals surface area contributed by atoms with Gasteiger partial charge >= 0.3 is 6.03 Å². The molecule has 2 aliphatic heterocycles. The van der Waals surface area contributed by atoms with Gasteiger partial charge in [0.2, 0.25) is 0 Å². The lowest BCUT2D eigenvalue weighted by Gasteiger charge is -2.36. The standard InChI is InChI=1S/C22H29N5O2/c1-17-8-9-23-21(24-17)19-4-6-20(7-5-19)25-22(28)27-10-2-3-18(16-27)15-26-11-13-29-14-12-26/h4-9,18H,2-3,10-16H2,1H3,(H,25,28)/t18-/m0/s1. The maximum absolute atomic E-state index is 12.8. The Kier molecular flexibility index (Phi) is 6.36. The molecular formula is C22H29N5O2. The number of anilines is 1. The molecule has 2 saturated heterocycles. The highest BCUT2D eigenvalue weighted by atomic mass is 16.5. The third-order valence-corrected chi connectivity index (χ3v) is 5.62. The Hall–Kier alpha value is -2.51. The maximum Gasteiger partial charge on any atom is 0.321 e. The molecular weight excluding hydrogens is 366 g/mol. The molecule has 0 unspecified atom stereocenters. The molecule has 0 spiro atoms. The lowest BCUT2D eigenvalue weighted by molar-refractivity contribution is 0.0252. The summed E-state index contributed by atoms with van der Waals surface area (Å²) in [5.41, 5.74) is 2.67. The Morgan fingerprint density at radius 3 is 2.72 bits per heavy atom. The molecule has 154 valence electrons. The van der Waals surface area contributed by atoms with Gasteiger partial charge in [0, 0.05) is 55.9 Å². The average Bonchev–Trinajstić information content (AvgIpc) is 2.75. The van der Waals surface area contributed by atoms with E-state index in [9.17, 15) is 4.79 Å². The van der Waals surface area contributed by atoms with E-state index < -0.39 is 0 Å². The van der Waals surface area contributed by atoms with Crippen LogP contribution in [0.4, 0.5) is 10.5 Å². The van der Waals surface area contributed by atoms with Gasteiger partial charge in [-0.2, -0.15) is 0 Å². The van der Waals surface area contributed by atoms with Crippen LogP contribution in [0.5, 0.6) is 0 Å². The summed E-state index contributed by atoms with van der Waals surface area (Å²) in [7, 11) is 0. The number of hydrogen-bond acceptors (Lipinski definition) is 5. The summed E-state index contributed by atoms with van der Waals surface area (Å²) in [5.74, 6) is 1.23. The number of aryl methyl sites for hydroxylation is 1. The molecule has 2 aliphatic rings. The molecule has 7 heteroatoms. The summed E-state index contributed by atoms with van der Waals surface area (Å²) in [5, 5.41) is 3.04. The van der Waals surface area contributed by atoms with Crippen molar-refractivity contribution in [3.05, 3.63) is 42.2 Å². The summed E-state index contributed by atoms with van der Waals surface area (Å²) in [6.45, 7) is 8.28. The van der Waals surface area contributed by atoms with E-state index in [-0.39, 0.29) is 6.03 Å². The molecule has 1 aromatic heterocycles. The molecule has 1 atom stereocenters. The van der Waals surface area contributed by atoms with Crippen molar-refractivity contribution in [2.45, 2.75) is 19.8 Å². The van der Waals surface area contributed by atoms with Crippen LogP contribution in [0.15, 0.2) is 36.5 Å². The first-order valence-electron chi connectivity index (χ1n) is 10.4. The number of carbonyl (C=O) groups excluding carboxylic acids is 1. The molecule has 4 rings (SSSR count). The zero-order valence-corrected chi connectivity index (χ0v) is 17.0. The number of morpholine rings is 1. The van der Waals surface area contributed by atoms with E-state index in [0.29, 0.717) is 11.7 Å². The van der Waals surface area contributed by atoms with Gasteiger partial charge in [-0.25, -0.2) is 14.8 Å². The smallest absolute Gasteiger partial charge is 0.321 e. The second-order valence-electron chi connectivity index (χ2n) is 7.90. The molecule has 0 radical (unpaired) electrons. The lowest BCUT2D eigenvalue weighted by Crippen LogP contribution is -2.47. The second-order valence-corrected chi connectivity index (χ2v) is 7.90. The van der Waals surface area contributed by atoms with Crippen molar-refractivity contribution in [1.82, 2.24) is 19.8 Å². The number of nitrogens with zero attached hydrogens (tertiary/aromatic N) is 4. The predicted octanol–water partition coefficient (Wildman–Crippen LogP) is 3.03. The number of urea groups is 1. The Balaban J connectivity index is 1.32. The van der Waals surface area contributed by atoms with Crippen molar-refractivity contribution in [2.24, 2.45) is 5.92 Å². The van der Waals surface area contributed by atoms with Crippen LogP contribution in [0.25, 0.3) is 11.4 Å². The molecule has 1 N–H and O–H groups in total. The van der Waals surface area contributed by atoms with Crippen LogP contribution < -0.4 is 5.32 Å². The first kappa shape index (κ1) is 19.8. The first-order valence-corrected chi connectivity index (χ1v) is 10.4. The van der Waals surface area contributed by atoms with Crippen molar-refractivity contribution in [1.29, 1.82) is 0 Å². The van der Waals surface area contributed by atoms with Crippen LogP contribution in [0.2, 0.25) is 0 Å². The van der Waals surface area contributed by atoms with E-state index in [1.807, 2.05) is 42.2 Å². The summed E-state index contributed by atoms with van der Waals surface area (Å²) >= 11 is 0. The normalized spacial score (nSPS) is 20.4. The molecule has 0 aliphatic carbocycles. The molecule has 3 heterocycles.